The fourth-order valence-corrected chi connectivity index (χ4v) is 5.30. The Hall–Kier alpha value is -1.83. The summed E-state index contributed by atoms with van der Waals surface area (Å²) in [5, 5.41) is 1.57. The number of para-hydroxylation sites is 1. The molecule has 0 N–H and O–H groups in total. The number of thioether (sulfide) groups is 1. The number of anilines is 1. The van der Waals surface area contributed by atoms with E-state index in [9.17, 15) is 9.18 Å². The average molecular weight is 450 g/mol. The van der Waals surface area contributed by atoms with Crippen molar-refractivity contribution in [1.29, 1.82) is 0 Å². The Morgan fingerprint density at radius 1 is 1.14 bits per heavy atom. The summed E-state index contributed by atoms with van der Waals surface area (Å²) in [6.45, 7) is 2.82. The molecule has 152 valence electrons. The van der Waals surface area contributed by atoms with Gasteiger partial charge < -0.3 is 9.80 Å². The second-order valence-electron chi connectivity index (χ2n) is 6.86. The summed E-state index contributed by atoms with van der Waals surface area (Å²) < 4.78 is 14.7. The molecule has 0 unspecified atom stereocenters. The van der Waals surface area contributed by atoms with Gasteiger partial charge in [-0.05, 0) is 48.6 Å². The van der Waals surface area contributed by atoms with Gasteiger partial charge in [0.2, 0.25) is 5.91 Å². The predicted molar refractivity (Wildman–Crippen MR) is 120 cm³/mol. The van der Waals surface area contributed by atoms with Gasteiger partial charge in [-0.25, -0.2) is 9.37 Å². The molecule has 0 spiro atoms. The fourth-order valence-electron chi connectivity index (χ4n) is 3.29. The van der Waals surface area contributed by atoms with E-state index in [2.05, 4.69) is 9.88 Å². The zero-order valence-corrected chi connectivity index (χ0v) is 18.2. The molecule has 1 amide bonds. The van der Waals surface area contributed by atoms with E-state index in [0.29, 0.717) is 25.0 Å². The SMILES string of the molecule is O=C(CCCSc1ccc(Cl)cc1)N1CCN(c2nc3c(F)cccc3s2)CC1. The van der Waals surface area contributed by atoms with Gasteiger partial charge in [-0.15, -0.1) is 11.8 Å². The highest BCUT2D eigenvalue weighted by atomic mass is 35.5. The van der Waals surface area contributed by atoms with E-state index in [1.54, 1.807) is 17.8 Å². The van der Waals surface area contributed by atoms with Crippen LogP contribution in [-0.2, 0) is 4.79 Å². The molecule has 0 radical (unpaired) electrons. The van der Waals surface area contributed by atoms with Gasteiger partial charge in [-0.3, -0.25) is 4.79 Å². The number of benzene rings is 2. The van der Waals surface area contributed by atoms with Crippen LogP contribution in [0.3, 0.4) is 0 Å². The van der Waals surface area contributed by atoms with Crippen LogP contribution in [0.5, 0.6) is 0 Å². The van der Waals surface area contributed by atoms with Crippen LogP contribution in [0.25, 0.3) is 10.2 Å². The number of aromatic nitrogens is 1. The van der Waals surface area contributed by atoms with Crippen molar-refractivity contribution in [1.82, 2.24) is 9.88 Å². The highest BCUT2D eigenvalue weighted by Crippen LogP contribution is 2.30. The molecule has 3 aromatic rings. The molecule has 1 aromatic heterocycles. The van der Waals surface area contributed by atoms with Gasteiger partial charge in [-0.1, -0.05) is 29.0 Å². The van der Waals surface area contributed by atoms with Gasteiger partial charge in [0, 0.05) is 42.5 Å². The van der Waals surface area contributed by atoms with Crippen LogP contribution in [0.2, 0.25) is 5.02 Å². The topological polar surface area (TPSA) is 36.4 Å². The van der Waals surface area contributed by atoms with Crippen molar-refractivity contribution in [3.63, 3.8) is 0 Å². The van der Waals surface area contributed by atoms with Crippen molar-refractivity contribution in [3.05, 3.63) is 53.3 Å². The maximum atomic E-state index is 13.9. The molecule has 0 aliphatic carbocycles. The molecule has 1 saturated heterocycles. The number of piperazine rings is 1. The molecule has 0 bridgehead atoms. The van der Waals surface area contributed by atoms with Crippen LogP contribution in [0.1, 0.15) is 12.8 Å². The molecule has 8 heteroatoms. The zero-order chi connectivity index (χ0) is 20.2. The molecule has 1 fully saturated rings. The molecule has 0 atom stereocenters. The summed E-state index contributed by atoms with van der Waals surface area (Å²) in [6, 6.07) is 12.8. The Labute approximate surface area is 182 Å². The van der Waals surface area contributed by atoms with Crippen LogP contribution in [-0.4, -0.2) is 47.7 Å². The summed E-state index contributed by atoms with van der Waals surface area (Å²) in [5.41, 5.74) is 0.434. The van der Waals surface area contributed by atoms with Gasteiger partial charge in [0.05, 0.1) is 4.70 Å². The van der Waals surface area contributed by atoms with Crippen molar-refractivity contribution in [2.75, 3.05) is 36.8 Å². The van der Waals surface area contributed by atoms with Crippen molar-refractivity contribution < 1.29 is 9.18 Å². The first-order valence-corrected chi connectivity index (χ1v) is 11.7. The summed E-state index contributed by atoms with van der Waals surface area (Å²) >= 11 is 9.14. The van der Waals surface area contributed by atoms with Crippen LogP contribution in [0, 0.1) is 5.82 Å². The fraction of sp³-hybridized carbons (Fsp3) is 0.333. The minimum absolute atomic E-state index is 0.205. The van der Waals surface area contributed by atoms with E-state index in [-0.39, 0.29) is 11.7 Å². The quantitative estimate of drug-likeness (QED) is 0.377. The lowest BCUT2D eigenvalue weighted by atomic mass is 10.2. The molecule has 1 aliphatic rings. The standard InChI is InChI=1S/C21H21ClFN3OS2/c22-15-6-8-16(9-7-15)28-14-2-5-19(27)25-10-12-26(13-11-25)21-24-20-17(23)3-1-4-18(20)29-21/h1,3-4,6-9H,2,5,10-14H2. The molecule has 29 heavy (non-hydrogen) atoms. The van der Waals surface area contributed by atoms with E-state index in [0.717, 1.165) is 40.1 Å². The van der Waals surface area contributed by atoms with Gasteiger partial charge in [0.15, 0.2) is 5.13 Å². The normalized spacial score (nSPS) is 14.6. The minimum atomic E-state index is -0.282. The Balaban J connectivity index is 1.23. The largest absolute Gasteiger partial charge is 0.345 e. The molecular weight excluding hydrogens is 429 g/mol. The summed E-state index contributed by atoms with van der Waals surface area (Å²) in [6.07, 6.45) is 1.41. The number of halogens is 2. The van der Waals surface area contributed by atoms with Gasteiger partial charge in [0.1, 0.15) is 11.3 Å². The van der Waals surface area contributed by atoms with E-state index >= 15 is 0 Å². The molecule has 2 aromatic carbocycles. The lowest BCUT2D eigenvalue weighted by Crippen LogP contribution is -2.48. The van der Waals surface area contributed by atoms with Crippen LogP contribution >= 0.6 is 34.7 Å². The third-order valence-electron chi connectivity index (χ3n) is 4.88. The third kappa shape index (κ3) is 5.02. The Morgan fingerprint density at radius 2 is 1.90 bits per heavy atom. The van der Waals surface area contributed by atoms with E-state index in [1.807, 2.05) is 35.2 Å². The molecule has 0 saturated carbocycles. The zero-order valence-electron chi connectivity index (χ0n) is 15.8. The Kier molecular flexibility index (Phi) is 6.57. The summed E-state index contributed by atoms with van der Waals surface area (Å²) in [7, 11) is 0. The second kappa shape index (κ2) is 9.32. The number of hydrogen-bond acceptors (Lipinski definition) is 5. The summed E-state index contributed by atoms with van der Waals surface area (Å²) in [4.78, 5) is 22.2. The number of hydrogen-bond donors (Lipinski definition) is 0. The first kappa shape index (κ1) is 20.4. The van der Waals surface area contributed by atoms with Crippen LogP contribution in [0.15, 0.2) is 47.4 Å². The summed E-state index contributed by atoms with van der Waals surface area (Å²) in [5.74, 6) is 0.830. The highest BCUT2D eigenvalue weighted by molar-refractivity contribution is 7.99. The number of carbonyl (C=O) groups excluding carboxylic acids is 1. The Morgan fingerprint density at radius 3 is 2.62 bits per heavy atom. The van der Waals surface area contributed by atoms with Gasteiger partial charge in [0.25, 0.3) is 0 Å². The van der Waals surface area contributed by atoms with E-state index in [4.69, 9.17) is 11.6 Å². The second-order valence-corrected chi connectivity index (χ2v) is 9.47. The number of rotatable bonds is 6. The lowest BCUT2D eigenvalue weighted by Gasteiger charge is -2.34. The van der Waals surface area contributed by atoms with Gasteiger partial charge in [-0.2, -0.15) is 0 Å². The highest BCUT2D eigenvalue weighted by Gasteiger charge is 2.23. The number of amides is 1. The van der Waals surface area contributed by atoms with Crippen molar-refractivity contribution in [3.8, 4) is 0 Å². The molecular formula is C21H21ClFN3OS2. The number of nitrogens with zero attached hydrogens (tertiary/aromatic N) is 3. The number of carbonyl (C=O) groups is 1. The van der Waals surface area contributed by atoms with Crippen molar-refractivity contribution in [2.24, 2.45) is 0 Å². The Bertz CT molecular complexity index is 987. The van der Waals surface area contributed by atoms with E-state index in [1.165, 1.54) is 22.3 Å². The maximum Gasteiger partial charge on any atom is 0.222 e. The van der Waals surface area contributed by atoms with Crippen molar-refractivity contribution >= 4 is 56.0 Å². The molecule has 1 aliphatic heterocycles. The average Bonchev–Trinajstić information content (AvgIpc) is 3.18. The lowest BCUT2D eigenvalue weighted by molar-refractivity contribution is -0.131. The van der Waals surface area contributed by atoms with E-state index < -0.39 is 0 Å². The monoisotopic (exact) mass is 449 g/mol. The predicted octanol–water partition coefficient (Wildman–Crippen LogP) is 5.31. The van der Waals surface area contributed by atoms with Crippen LogP contribution < -0.4 is 4.90 Å². The molecule has 2 heterocycles. The third-order valence-corrected chi connectivity index (χ3v) is 7.31. The first-order chi connectivity index (χ1) is 14.1. The smallest absolute Gasteiger partial charge is 0.222 e. The molecule has 4 nitrogen and oxygen atoms in total. The maximum absolute atomic E-state index is 13.9. The number of fused-ring (bicyclic) bond motifs is 1. The number of thiazole rings is 1. The molecule has 4 rings (SSSR count). The van der Waals surface area contributed by atoms with Crippen molar-refractivity contribution in [2.45, 2.75) is 17.7 Å². The minimum Gasteiger partial charge on any atom is -0.345 e. The first-order valence-electron chi connectivity index (χ1n) is 9.56. The van der Waals surface area contributed by atoms with Gasteiger partial charge >= 0.3 is 0 Å². The van der Waals surface area contributed by atoms with Crippen LogP contribution in [0.4, 0.5) is 9.52 Å².